The lowest BCUT2D eigenvalue weighted by atomic mass is 10.1. The number of ether oxygens (including phenoxy) is 1. The Morgan fingerprint density at radius 2 is 1.88 bits per heavy atom. The lowest BCUT2D eigenvalue weighted by Crippen LogP contribution is -2.35. The van der Waals surface area contributed by atoms with E-state index in [0.29, 0.717) is 17.1 Å². The highest BCUT2D eigenvalue weighted by molar-refractivity contribution is 6.05. The Hall–Kier alpha value is -3.55. The summed E-state index contributed by atoms with van der Waals surface area (Å²) in [6, 6.07) is 19.4. The van der Waals surface area contributed by atoms with Crippen LogP contribution >= 0.6 is 0 Å². The standard InChI is InChI=1S/C25H23FN4O2/c26-20-6-4-18(5-7-20)24-28-22-9-8-21(15-23(22)29-24)27-25(31)19-3-1-2-17(14-19)16-30-10-12-32-13-11-30/h1-9,14-15H,10-13,16H2,(H,27,31)(H,28,29). The van der Waals surface area contributed by atoms with Gasteiger partial charge in [-0.15, -0.1) is 0 Å². The van der Waals surface area contributed by atoms with E-state index in [4.69, 9.17) is 4.74 Å². The third-order valence-electron chi connectivity index (χ3n) is 5.56. The number of aromatic amines is 1. The predicted molar refractivity (Wildman–Crippen MR) is 122 cm³/mol. The molecular weight excluding hydrogens is 407 g/mol. The van der Waals surface area contributed by atoms with Gasteiger partial charge in [-0.05, 0) is 60.2 Å². The molecule has 1 aliphatic heterocycles. The third kappa shape index (κ3) is 4.54. The van der Waals surface area contributed by atoms with Crippen molar-refractivity contribution in [3.05, 3.63) is 83.7 Å². The first-order chi connectivity index (χ1) is 15.6. The molecule has 5 rings (SSSR count). The summed E-state index contributed by atoms with van der Waals surface area (Å²) in [5.41, 5.74) is 4.76. The number of nitrogens with one attached hydrogen (secondary N) is 2. The van der Waals surface area contributed by atoms with E-state index in [-0.39, 0.29) is 11.7 Å². The monoisotopic (exact) mass is 430 g/mol. The quantitative estimate of drug-likeness (QED) is 0.491. The van der Waals surface area contributed by atoms with Crippen LogP contribution in [0.1, 0.15) is 15.9 Å². The number of benzene rings is 3. The van der Waals surface area contributed by atoms with Crippen molar-refractivity contribution >= 4 is 22.6 Å². The first-order valence-electron chi connectivity index (χ1n) is 10.6. The van der Waals surface area contributed by atoms with Gasteiger partial charge in [0.15, 0.2) is 0 Å². The van der Waals surface area contributed by atoms with E-state index < -0.39 is 0 Å². The van der Waals surface area contributed by atoms with Crippen molar-refractivity contribution < 1.29 is 13.9 Å². The lowest BCUT2D eigenvalue weighted by molar-refractivity contribution is 0.0342. The molecule has 0 spiro atoms. The molecule has 0 radical (unpaired) electrons. The molecule has 0 bridgehead atoms. The smallest absolute Gasteiger partial charge is 0.255 e. The summed E-state index contributed by atoms with van der Waals surface area (Å²) in [5.74, 6) is 0.203. The Bertz CT molecular complexity index is 1250. The highest BCUT2D eigenvalue weighted by Crippen LogP contribution is 2.23. The van der Waals surface area contributed by atoms with E-state index in [1.807, 2.05) is 42.5 Å². The van der Waals surface area contributed by atoms with Crippen LogP contribution in [0.25, 0.3) is 22.4 Å². The van der Waals surface area contributed by atoms with Crippen LogP contribution in [0.15, 0.2) is 66.7 Å². The fraction of sp³-hybridized carbons (Fsp3) is 0.200. The van der Waals surface area contributed by atoms with Gasteiger partial charge >= 0.3 is 0 Å². The summed E-state index contributed by atoms with van der Waals surface area (Å²) < 4.78 is 18.6. The Kier molecular flexibility index (Phi) is 5.66. The van der Waals surface area contributed by atoms with Gasteiger partial charge in [0.05, 0.1) is 24.2 Å². The Balaban J connectivity index is 1.31. The maximum Gasteiger partial charge on any atom is 0.255 e. The second kappa shape index (κ2) is 8.90. The number of morpholine rings is 1. The van der Waals surface area contributed by atoms with Gasteiger partial charge in [-0.25, -0.2) is 9.37 Å². The molecule has 6 nitrogen and oxygen atoms in total. The highest BCUT2D eigenvalue weighted by atomic mass is 19.1. The minimum Gasteiger partial charge on any atom is -0.379 e. The minimum absolute atomic E-state index is 0.161. The zero-order valence-corrected chi connectivity index (χ0v) is 17.5. The van der Waals surface area contributed by atoms with Crippen LogP contribution in [-0.2, 0) is 11.3 Å². The first kappa shape index (κ1) is 20.4. The third-order valence-corrected chi connectivity index (χ3v) is 5.56. The number of rotatable bonds is 5. The molecule has 0 unspecified atom stereocenters. The fourth-order valence-electron chi connectivity index (χ4n) is 3.86. The van der Waals surface area contributed by atoms with E-state index in [0.717, 1.165) is 55.0 Å². The number of anilines is 1. The molecule has 1 amide bonds. The van der Waals surface area contributed by atoms with Crippen LogP contribution in [0.5, 0.6) is 0 Å². The van der Waals surface area contributed by atoms with Gasteiger partial charge < -0.3 is 15.0 Å². The number of aromatic nitrogens is 2. The summed E-state index contributed by atoms with van der Waals surface area (Å²) in [4.78, 5) is 23.0. The van der Waals surface area contributed by atoms with E-state index in [9.17, 15) is 9.18 Å². The van der Waals surface area contributed by atoms with E-state index >= 15 is 0 Å². The van der Waals surface area contributed by atoms with Gasteiger partial charge in [-0.3, -0.25) is 9.69 Å². The van der Waals surface area contributed by atoms with Crippen molar-refractivity contribution in [3.8, 4) is 11.4 Å². The number of amides is 1. The highest BCUT2D eigenvalue weighted by Gasteiger charge is 2.13. The number of nitrogens with zero attached hydrogens (tertiary/aromatic N) is 2. The van der Waals surface area contributed by atoms with Gasteiger partial charge in [0, 0.05) is 36.4 Å². The van der Waals surface area contributed by atoms with Gasteiger partial charge in [-0.1, -0.05) is 12.1 Å². The predicted octanol–water partition coefficient (Wildman–Crippen LogP) is 4.45. The van der Waals surface area contributed by atoms with Crippen LogP contribution in [0.4, 0.5) is 10.1 Å². The normalized spacial score (nSPS) is 14.5. The summed E-state index contributed by atoms with van der Waals surface area (Å²) in [5, 5.41) is 2.97. The van der Waals surface area contributed by atoms with Gasteiger partial charge in [0.25, 0.3) is 5.91 Å². The largest absolute Gasteiger partial charge is 0.379 e. The van der Waals surface area contributed by atoms with Gasteiger partial charge in [0.2, 0.25) is 0 Å². The summed E-state index contributed by atoms with van der Waals surface area (Å²) >= 11 is 0. The Morgan fingerprint density at radius 3 is 2.69 bits per heavy atom. The molecule has 0 saturated carbocycles. The van der Waals surface area contributed by atoms with Crippen molar-refractivity contribution in [2.75, 3.05) is 31.6 Å². The maximum absolute atomic E-state index is 13.2. The Labute approximate surface area is 185 Å². The molecule has 0 atom stereocenters. The number of halogens is 1. The molecule has 162 valence electrons. The molecule has 1 saturated heterocycles. The summed E-state index contributed by atoms with van der Waals surface area (Å²) in [6.07, 6.45) is 0. The average molecular weight is 430 g/mol. The number of carbonyl (C=O) groups is 1. The molecule has 0 aliphatic carbocycles. The SMILES string of the molecule is O=C(Nc1ccc2nc(-c3ccc(F)cc3)[nH]c2c1)c1cccc(CN2CCOCC2)c1. The van der Waals surface area contributed by atoms with Crippen LogP contribution in [0, 0.1) is 5.82 Å². The number of H-pyrrole nitrogens is 1. The summed E-state index contributed by atoms with van der Waals surface area (Å²) in [6.45, 7) is 4.11. The van der Waals surface area contributed by atoms with E-state index in [1.165, 1.54) is 12.1 Å². The van der Waals surface area contributed by atoms with Gasteiger partial charge in [0.1, 0.15) is 11.6 Å². The molecular formula is C25H23FN4O2. The zero-order chi connectivity index (χ0) is 21.9. The zero-order valence-electron chi connectivity index (χ0n) is 17.5. The van der Waals surface area contributed by atoms with Crippen LogP contribution in [0.3, 0.4) is 0 Å². The molecule has 4 aromatic rings. The number of hydrogen-bond acceptors (Lipinski definition) is 4. The van der Waals surface area contributed by atoms with Crippen molar-refractivity contribution in [2.24, 2.45) is 0 Å². The van der Waals surface area contributed by atoms with Crippen LogP contribution in [0.2, 0.25) is 0 Å². The number of imidazole rings is 1. The van der Waals surface area contributed by atoms with Crippen LogP contribution in [-0.4, -0.2) is 47.1 Å². The van der Waals surface area contributed by atoms with Crippen molar-refractivity contribution in [1.82, 2.24) is 14.9 Å². The number of fused-ring (bicyclic) bond motifs is 1. The Morgan fingerprint density at radius 1 is 1.06 bits per heavy atom. The second-order valence-electron chi connectivity index (χ2n) is 7.87. The number of hydrogen-bond donors (Lipinski definition) is 2. The lowest BCUT2D eigenvalue weighted by Gasteiger charge is -2.26. The van der Waals surface area contributed by atoms with Crippen molar-refractivity contribution in [2.45, 2.75) is 6.54 Å². The van der Waals surface area contributed by atoms with Crippen molar-refractivity contribution in [3.63, 3.8) is 0 Å². The average Bonchev–Trinajstić information content (AvgIpc) is 3.24. The van der Waals surface area contributed by atoms with Crippen molar-refractivity contribution in [1.29, 1.82) is 0 Å². The molecule has 32 heavy (non-hydrogen) atoms. The van der Waals surface area contributed by atoms with Crippen LogP contribution < -0.4 is 5.32 Å². The molecule has 2 heterocycles. The topological polar surface area (TPSA) is 70.2 Å². The van der Waals surface area contributed by atoms with Gasteiger partial charge in [-0.2, -0.15) is 0 Å². The molecule has 3 aromatic carbocycles. The fourth-order valence-corrected chi connectivity index (χ4v) is 3.86. The van der Waals surface area contributed by atoms with E-state index in [2.05, 4.69) is 20.2 Å². The molecule has 1 fully saturated rings. The minimum atomic E-state index is -0.288. The second-order valence-corrected chi connectivity index (χ2v) is 7.87. The van der Waals surface area contributed by atoms with E-state index in [1.54, 1.807) is 12.1 Å². The first-order valence-corrected chi connectivity index (χ1v) is 10.6. The number of carbonyl (C=O) groups excluding carboxylic acids is 1. The molecule has 1 aromatic heterocycles. The molecule has 7 heteroatoms. The molecule has 1 aliphatic rings. The molecule has 2 N–H and O–H groups in total. The summed E-state index contributed by atoms with van der Waals surface area (Å²) in [7, 11) is 0. The maximum atomic E-state index is 13.2.